The van der Waals surface area contributed by atoms with Gasteiger partial charge in [0.15, 0.2) is 6.29 Å². The molecular formula is C10H7FOS. The van der Waals surface area contributed by atoms with Crippen molar-refractivity contribution in [1.82, 2.24) is 0 Å². The number of hydrogen-bond donors (Lipinski definition) is 1. The predicted octanol–water partition coefficient (Wildman–Crippen LogP) is 1.92. The van der Waals surface area contributed by atoms with E-state index in [1.807, 2.05) is 0 Å². The molecular weight excluding hydrogens is 187 g/mol. The van der Waals surface area contributed by atoms with Crippen molar-refractivity contribution in [3.05, 3.63) is 35.1 Å². The lowest BCUT2D eigenvalue weighted by molar-refractivity contribution is 0.112. The van der Waals surface area contributed by atoms with Crippen LogP contribution < -0.4 is 0 Å². The van der Waals surface area contributed by atoms with Crippen LogP contribution in [0.5, 0.6) is 0 Å². The van der Waals surface area contributed by atoms with Crippen LogP contribution in [0.25, 0.3) is 0 Å². The standard InChI is InChI=1S/C10H7FOS/c11-10-5-1-3-8(7-12)9(10)4-2-6-13/h1,3,5,7,13H,6H2. The molecule has 1 nitrogen and oxygen atoms in total. The largest absolute Gasteiger partial charge is 0.298 e. The molecule has 66 valence electrons. The number of halogens is 1. The zero-order chi connectivity index (χ0) is 9.68. The van der Waals surface area contributed by atoms with Crippen LogP contribution in [0.3, 0.4) is 0 Å². The summed E-state index contributed by atoms with van der Waals surface area (Å²) in [5.41, 5.74) is 0.417. The molecule has 0 aliphatic carbocycles. The maximum atomic E-state index is 13.1. The Morgan fingerprint density at radius 3 is 2.92 bits per heavy atom. The summed E-state index contributed by atoms with van der Waals surface area (Å²) in [7, 11) is 0. The molecule has 0 saturated heterocycles. The van der Waals surface area contributed by atoms with E-state index >= 15 is 0 Å². The second-order valence-corrected chi connectivity index (χ2v) is 2.60. The summed E-state index contributed by atoms with van der Waals surface area (Å²) >= 11 is 3.86. The van der Waals surface area contributed by atoms with Crippen LogP contribution in [0.1, 0.15) is 15.9 Å². The molecule has 1 aromatic rings. The monoisotopic (exact) mass is 194 g/mol. The zero-order valence-electron chi connectivity index (χ0n) is 6.75. The van der Waals surface area contributed by atoms with Gasteiger partial charge < -0.3 is 0 Å². The third-order valence-corrected chi connectivity index (χ3v) is 1.62. The average molecular weight is 194 g/mol. The minimum Gasteiger partial charge on any atom is -0.298 e. The highest BCUT2D eigenvalue weighted by Gasteiger charge is 2.03. The Labute approximate surface area is 81.4 Å². The highest BCUT2D eigenvalue weighted by Crippen LogP contribution is 2.09. The Hall–Kier alpha value is -1.27. The predicted molar refractivity (Wildman–Crippen MR) is 52.5 cm³/mol. The summed E-state index contributed by atoms with van der Waals surface area (Å²) < 4.78 is 13.1. The molecule has 0 N–H and O–H groups in total. The van der Waals surface area contributed by atoms with Crippen molar-refractivity contribution in [3.8, 4) is 11.8 Å². The molecule has 0 aliphatic heterocycles. The fourth-order valence-electron chi connectivity index (χ4n) is 0.899. The van der Waals surface area contributed by atoms with Crippen LogP contribution in [-0.2, 0) is 0 Å². The van der Waals surface area contributed by atoms with Crippen LogP contribution >= 0.6 is 12.6 Å². The molecule has 13 heavy (non-hydrogen) atoms. The SMILES string of the molecule is O=Cc1cccc(F)c1C#CCS. The fourth-order valence-corrected chi connectivity index (χ4v) is 0.978. The molecule has 1 aromatic carbocycles. The molecule has 0 unspecified atom stereocenters. The first kappa shape index (κ1) is 9.82. The van der Waals surface area contributed by atoms with Gasteiger partial charge in [-0.2, -0.15) is 12.6 Å². The molecule has 0 fully saturated rings. The number of rotatable bonds is 1. The summed E-state index contributed by atoms with van der Waals surface area (Å²) in [5.74, 6) is 5.01. The second-order valence-electron chi connectivity index (χ2n) is 2.28. The number of aldehydes is 1. The Morgan fingerprint density at radius 2 is 2.31 bits per heavy atom. The smallest absolute Gasteiger partial charge is 0.151 e. The summed E-state index contributed by atoms with van der Waals surface area (Å²) in [5, 5.41) is 0. The van der Waals surface area contributed by atoms with Gasteiger partial charge in [-0.1, -0.05) is 24.0 Å². The number of thiol groups is 1. The van der Waals surface area contributed by atoms with Crippen molar-refractivity contribution in [1.29, 1.82) is 0 Å². The highest BCUT2D eigenvalue weighted by molar-refractivity contribution is 7.80. The molecule has 0 radical (unpaired) electrons. The Bertz CT molecular complexity index is 376. The van der Waals surface area contributed by atoms with Gasteiger partial charge in [-0.15, -0.1) is 0 Å². The van der Waals surface area contributed by atoms with Crippen LogP contribution in [-0.4, -0.2) is 12.0 Å². The van der Waals surface area contributed by atoms with Gasteiger partial charge in [0, 0.05) is 5.56 Å². The van der Waals surface area contributed by atoms with E-state index in [0.29, 0.717) is 12.0 Å². The van der Waals surface area contributed by atoms with Crippen molar-refractivity contribution in [3.63, 3.8) is 0 Å². The van der Waals surface area contributed by atoms with Crippen LogP contribution in [0, 0.1) is 17.7 Å². The number of hydrogen-bond acceptors (Lipinski definition) is 2. The van der Waals surface area contributed by atoms with Gasteiger partial charge >= 0.3 is 0 Å². The van der Waals surface area contributed by atoms with E-state index in [-0.39, 0.29) is 11.1 Å². The van der Waals surface area contributed by atoms with E-state index in [1.54, 1.807) is 0 Å². The molecule has 0 heterocycles. The quantitative estimate of drug-likeness (QED) is 0.410. The second kappa shape index (κ2) is 4.68. The molecule has 1 rings (SSSR count). The average Bonchev–Trinajstić information content (AvgIpc) is 2.15. The molecule has 0 aromatic heterocycles. The van der Waals surface area contributed by atoms with E-state index < -0.39 is 5.82 Å². The normalized spacial score (nSPS) is 8.77. The highest BCUT2D eigenvalue weighted by atomic mass is 32.1. The van der Waals surface area contributed by atoms with Crippen molar-refractivity contribution >= 4 is 18.9 Å². The summed E-state index contributed by atoms with van der Waals surface area (Å²) in [6.45, 7) is 0. The van der Waals surface area contributed by atoms with Crippen LogP contribution in [0.4, 0.5) is 4.39 Å². The van der Waals surface area contributed by atoms with Gasteiger partial charge in [-0.3, -0.25) is 4.79 Å². The molecule has 0 amide bonds. The number of benzene rings is 1. The minimum atomic E-state index is -0.473. The molecule has 0 spiro atoms. The Kier molecular flexibility index (Phi) is 3.53. The van der Waals surface area contributed by atoms with Crippen LogP contribution in [0.15, 0.2) is 18.2 Å². The first-order valence-corrected chi connectivity index (χ1v) is 4.26. The lowest BCUT2D eigenvalue weighted by atomic mass is 10.1. The van der Waals surface area contributed by atoms with Gasteiger partial charge in [0.05, 0.1) is 11.3 Å². The lowest BCUT2D eigenvalue weighted by Gasteiger charge is -1.96. The van der Waals surface area contributed by atoms with E-state index in [4.69, 9.17) is 0 Å². The van der Waals surface area contributed by atoms with Crippen molar-refractivity contribution in [2.45, 2.75) is 0 Å². The Morgan fingerprint density at radius 1 is 1.54 bits per heavy atom. The van der Waals surface area contributed by atoms with Gasteiger partial charge in [0.1, 0.15) is 5.82 Å². The van der Waals surface area contributed by atoms with Crippen molar-refractivity contribution in [2.24, 2.45) is 0 Å². The molecule has 0 atom stereocenters. The topological polar surface area (TPSA) is 17.1 Å². The van der Waals surface area contributed by atoms with E-state index in [0.717, 1.165) is 0 Å². The van der Waals surface area contributed by atoms with E-state index in [9.17, 15) is 9.18 Å². The fraction of sp³-hybridized carbons (Fsp3) is 0.100. The van der Waals surface area contributed by atoms with Gasteiger partial charge in [-0.25, -0.2) is 4.39 Å². The minimum absolute atomic E-state index is 0.145. The van der Waals surface area contributed by atoms with E-state index in [2.05, 4.69) is 24.5 Å². The zero-order valence-corrected chi connectivity index (χ0v) is 7.64. The first-order valence-electron chi connectivity index (χ1n) is 3.63. The number of carbonyl (C=O) groups excluding carboxylic acids is 1. The van der Waals surface area contributed by atoms with Crippen molar-refractivity contribution < 1.29 is 9.18 Å². The van der Waals surface area contributed by atoms with Gasteiger partial charge in [0.2, 0.25) is 0 Å². The summed E-state index contributed by atoms with van der Waals surface area (Å²) in [6, 6.07) is 4.28. The molecule has 0 bridgehead atoms. The first-order chi connectivity index (χ1) is 6.29. The van der Waals surface area contributed by atoms with Gasteiger partial charge in [0.25, 0.3) is 0 Å². The molecule has 0 saturated carbocycles. The summed E-state index contributed by atoms with van der Waals surface area (Å²) in [6.07, 6.45) is 0.589. The third kappa shape index (κ3) is 2.33. The maximum absolute atomic E-state index is 13.1. The molecule has 0 aliphatic rings. The third-order valence-electron chi connectivity index (χ3n) is 1.47. The number of carbonyl (C=O) groups is 1. The Balaban J connectivity index is 3.22. The summed E-state index contributed by atoms with van der Waals surface area (Å²) in [4.78, 5) is 10.5. The lowest BCUT2D eigenvalue weighted by Crippen LogP contribution is -1.91. The van der Waals surface area contributed by atoms with Crippen molar-refractivity contribution in [2.75, 3.05) is 5.75 Å². The molecule has 3 heteroatoms. The van der Waals surface area contributed by atoms with Gasteiger partial charge in [-0.05, 0) is 6.07 Å². The van der Waals surface area contributed by atoms with Crippen LogP contribution in [0.2, 0.25) is 0 Å². The van der Waals surface area contributed by atoms with E-state index in [1.165, 1.54) is 18.2 Å². The maximum Gasteiger partial charge on any atom is 0.151 e.